The van der Waals surface area contributed by atoms with Gasteiger partial charge in [-0.25, -0.2) is 0 Å². The van der Waals surface area contributed by atoms with Gasteiger partial charge in [-0.2, -0.15) is 0 Å². The highest BCUT2D eigenvalue weighted by atomic mass is 32.2. The maximum atomic E-state index is 11.5. The van der Waals surface area contributed by atoms with Crippen molar-refractivity contribution >= 4 is 23.6 Å². The van der Waals surface area contributed by atoms with Crippen LogP contribution in [0.1, 0.15) is 20.3 Å². The number of aliphatic hydroxyl groups excluding tert-OH is 1. The van der Waals surface area contributed by atoms with Crippen LogP contribution in [0, 0.1) is 0 Å². The summed E-state index contributed by atoms with van der Waals surface area (Å²) >= 11 is 1.52. The molecule has 0 radical (unpaired) electrons. The summed E-state index contributed by atoms with van der Waals surface area (Å²) < 4.78 is 0. The average molecular weight is 246 g/mol. The Balaban J connectivity index is 2.27. The molecule has 0 bridgehead atoms. The highest BCUT2D eigenvalue weighted by Crippen LogP contribution is 2.13. The Hall–Kier alpha value is -0.750. The summed E-state index contributed by atoms with van der Waals surface area (Å²) in [5.41, 5.74) is 0. The van der Waals surface area contributed by atoms with Crippen LogP contribution in [0.2, 0.25) is 0 Å². The first kappa shape index (κ1) is 13.3. The molecule has 0 aromatic carbocycles. The predicted molar refractivity (Wildman–Crippen MR) is 62.9 cm³/mol. The van der Waals surface area contributed by atoms with Crippen molar-refractivity contribution in [1.29, 1.82) is 0 Å². The van der Waals surface area contributed by atoms with Crippen LogP contribution in [0.15, 0.2) is 0 Å². The molecule has 5 nitrogen and oxygen atoms in total. The number of thioether (sulfide) groups is 1. The zero-order valence-corrected chi connectivity index (χ0v) is 10.4. The molecular formula is C10H18N2O3S. The molecular weight excluding hydrogens is 228 g/mol. The van der Waals surface area contributed by atoms with Crippen LogP contribution >= 0.6 is 11.8 Å². The van der Waals surface area contributed by atoms with Crippen LogP contribution in [0.4, 0.5) is 0 Å². The minimum absolute atomic E-state index is 0.0170. The Bertz CT molecular complexity index is 271. The number of amides is 2. The maximum absolute atomic E-state index is 11.5. The number of hydrogen-bond acceptors (Lipinski definition) is 4. The Morgan fingerprint density at radius 2 is 2.31 bits per heavy atom. The molecule has 6 heteroatoms. The van der Waals surface area contributed by atoms with Crippen LogP contribution in [-0.4, -0.2) is 52.1 Å². The fraction of sp³-hybridized carbons (Fsp3) is 0.800. The Labute approximate surface area is 99.6 Å². The summed E-state index contributed by atoms with van der Waals surface area (Å²) in [4.78, 5) is 24.3. The van der Waals surface area contributed by atoms with Gasteiger partial charge in [0.1, 0.15) is 6.54 Å². The molecule has 2 amide bonds. The molecule has 1 saturated heterocycles. The summed E-state index contributed by atoms with van der Waals surface area (Å²) in [5, 5.41) is 11.9. The van der Waals surface area contributed by atoms with Gasteiger partial charge in [-0.05, 0) is 20.3 Å². The molecule has 0 aromatic heterocycles. The fourth-order valence-corrected chi connectivity index (χ4v) is 2.51. The van der Waals surface area contributed by atoms with Crippen molar-refractivity contribution in [2.24, 2.45) is 0 Å². The predicted octanol–water partition coefficient (Wildman–Crippen LogP) is -0.205. The third-order valence-corrected chi connectivity index (χ3v) is 3.21. The van der Waals surface area contributed by atoms with Gasteiger partial charge in [-0.15, -0.1) is 11.8 Å². The van der Waals surface area contributed by atoms with Crippen LogP contribution in [0.5, 0.6) is 0 Å². The standard InChI is InChI=1S/C10H18N2O3S/c1-7(3-8(2)13)11-9(14)4-12-6-16-5-10(12)15/h7-8,13H,3-6H2,1-2H3,(H,11,14). The monoisotopic (exact) mass is 246 g/mol. The first-order chi connectivity index (χ1) is 7.49. The van der Waals surface area contributed by atoms with Crippen molar-refractivity contribution < 1.29 is 14.7 Å². The zero-order chi connectivity index (χ0) is 12.1. The van der Waals surface area contributed by atoms with E-state index >= 15 is 0 Å². The van der Waals surface area contributed by atoms with Crippen molar-refractivity contribution in [3.05, 3.63) is 0 Å². The van der Waals surface area contributed by atoms with Gasteiger partial charge < -0.3 is 15.3 Å². The van der Waals surface area contributed by atoms with E-state index < -0.39 is 6.10 Å². The lowest BCUT2D eigenvalue weighted by Crippen LogP contribution is -2.42. The summed E-state index contributed by atoms with van der Waals surface area (Å²) in [6, 6.07) is -0.0714. The second-order valence-corrected chi connectivity index (χ2v) is 5.08. The average Bonchev–Trinajstić information content (AvgIpc) is 2.49. The molecule has 0 saturated carbocycles. The second-order valence-electron chi connectivity index (χ2n) is 4.12. The lowest BCUT2D eigenvalue weighted by atomic mass is 10.1. The number of carbonyl (C=O) groups is 2. The molecule has 16 heavy (non-hydrogen) atoms. The second kappa shape index (κ2) is 6.10. The van der Waals surface area contributed by atoms with Gasteiger partial charge in [0, 0.05) is 6.04 Å². The highest BCUT2D eigenvalue weighted by Gasteiger charge is 2.23. The number of aliphatic hydroxyl groups is 1. The number of hydrogen-bond donors (Lipinski definition) is 2. The lowest BCUT2D eigenvalue weighted by molar-refractivity contribution is -0.132. The van der Waals surface area contributed by atoms with E-state index in [4.69, 9.17) is 5.11 Å². The topological polar surface area (TPSA) is 69.6 Å². The molecule has 1 heterocycles. The van der Waals surface area contributed by atoms with Crippen LogP contribution in [0.25, 0.3) is 0 Å². The minimum Gasteiger partial charge on any atom is -0.393 e. The Morgan fingerprint density at radius 3 is 2.81 bits per heavy atom. The van der Waals surface area contributed by atoms with E-state index in [1.807, 2.05) is 6.92 Å². The molecule has 0 aliphatic carbocycles. The number of nitrogens with zero attached hydrogens (tertiary/aromatic N) is 1. The number of nitrogens with one attached hydrogen (secondary N) is 1. The fourth-order valence-electron chi connectivity index (χ4n) is 1.60. The van der Waals surface area contributed by atoms with E-state index in [1.54, 1.807) is 6.92 Å². The van der Waals surface area contributed by atoms with Crippen molar-refractivity contribution in [2.45, 2.75) is 32.4 Å². The molecule has 92 valence electrons. The first-order valence-corrected chi connectivity index (χ1v) is 6.47. The van der Waals surface area contributed by atoms with Gasteiger partial charge in [0.05, 0.1) is 17.7 Å². The van der Waals surface area contributed by atoms with E-state index in [9.17, 15) is 9.59 Å². The first-order valence-electron chi connectivity index (χ1n) is 5.32. The van der Waals surface area contributed by atoms with E-state index in [0.29, 0.717) is 18.1 Å². The van der Waals surface area contributed by atoms with Crippen LogP contribution in [0.3, 0.4) is 0 Å². The largest absolute Gasteiger partial charge is 0.393 e. The van der Waals surface area contributed by atoms with Gasteiger partial charge in [0.25, 0.3) is 0 Å². The molecule has 1 aliphatic rings. The molecule has 1 fully saturated rings. The van der Waals surface area contributed by atoms with Gasteiger partial charge >= 0.3 is 0 Å². The third-order valence-electron chi connectivity index (χ3n) is 2.26. The molecule has 1 aliphatic heterocycles. The molecule has 0 aromatic rings. The van der Waals surface area contributed by atoms with Crippen LogP contribution < -0.4 is 5.32 Å². The molecule has 0 spiro atoms. The molecule has 2 atom stereocenters. The number of carbonyl (C=O) groups excluding carboxylic acids is 2. The summed E-state index contributed by atoms with van der Waals surface area (Å²) in [5.74, 6) is 0.917. The molecule has 2 unspecified atom stereocenters. The van der Waals surface area contributed by atoms with Gasteiger partial charge in [0.15, 0.2) is 0 Å². The van der Waals surface area contributed by atoms with Gasteiger partial charge in [-0.3, -0.25) is 9.59 Å². The van der Waals surface area contributed by atoms with E-state index in [1.165, 1.54) is 16.7 Å². The van der Waals surface area contributed by atoms with Crippen molar-refractivity contribution in [2.75, 3.05) is 18.2 Å². The van der Waals surface area contributed by atoms with Crippen molar-refractivity contribution in [3.8, 4) is 0 Å². The quantitative estimate of drug-likeness (QED) is 0.704. The third kappa shape index (κ3) is 4.40. The number of rotatable bonds is 5. The Kier molecular flexibility index (Phi) is 5.08. The van der Waals surface area contributed by atoms with E-state index in [0.717, 1.165) is 0 Å². The maximum Gasteiger partial charge on any atom is 0.239 e. The smallest absolute Gasteiger partial charge is 0.239 e. The molecule has 2 N–H and O–H groups in total. The molecule has 1 rings (SSSR count). The highest BCUT2D eigenvalue weighted by molar-refractivity contribution is 8.00. The minimum atomic E-state index is -0.431. The SMILES string of the molecule is CC(O)CC(C)NC(=O)CN1CSCC1=O. The van der Waals surface area contributed by atoms with E-state index in [2.05, 4.69) is 5.32 Å². The lowest BCUT2D eigenvalue weighted by Gasteiger charge is -2.18. The summed E-state index contributed by atoms with van der Waals surface area (Å²) in [6.07, 6.45) is 0.0910. The van der Waals surface area contributed by atoms with Gasteiger partial charge in [-0.1, -0.05) is 0 Å². The summed E-state index contributed by atoms with van der Waals surface area (Å²) in [7, 11) is 0. The van der Waals surface area contributed by atoms with Crippen molar-refractivity contribution in [1.82, 2.24) is 10.2 Å². The summed E-state index contributed by atoms with van der Waals surface area (Å²) in [6.45, 7) is 3.64. The normalized spacial score (nSPS) is 19.7. The van der Waals surface area contributed by atoms with Crippen molar-refractivity contribution in [3.63, 3.8) is 0 Å². The zero-order valence-electron chi connectivity index (χ0n) is 9.60. The van der Waals surface area contributed by atoms with E-state index in [-0.39, 0.29) is 24.4 Å². The van der Waals surface area contributed by atoms with Crippen LogP contribution in [-0.2, 0) is 9.59 Å². The Morgan fingerprint density at radius 1 is 1.62 bits per heavy atom. The van der Waals surface area contributed by atoms with Gasteiger partial charge in [0.2, 0.25) is 11.8 Å².